The molecule has 1 heterocycles. The third-order valence-corrected chi connectivity index (χ3v) is 3.20. The first kappa shape index (κ1) is 12.7. The lowest BCUT2D eigenvalue weighted by Gasteiger charge is -2.14. The summed E-state index contributed by atoms with van der Waals surface area (Å²) in [5.41, 5.74) is 0.966. The highest BCUT2D eigenvalue weighted by Crippen LogP contribution is 2.27. The zero-order chi connectivity index (χ0) is 11.6. The van der Waals surface area contributed by atoms with E-state index in [2.05, 4.69) is 39.7 Å². The standard InChI is InChI=1S/C10H15BrClN3/c1-6(2)5-7-8(11)9(12)14-10(13-7)15(3)4/h6H,5H2,1-4H3. The molecule has 5 heteroatoms. The van der Waals surface area contributed by atoms with Gasteiger partial charge in [0.15, 0.2) is 0 Å². The molecule has 0 unspecified atom stereocenters. The van der Waals surface area contributed by atoms with Crippen molar-refractivity contribution < 1.29 is 0 Å². The van der Waals surface area contributed by atoms with E-state index in [1.54, 1.807) is 0 Å². The number of aromatic nitrogens is 2. The average molecular weight is 293 g/mol. The van der Waals surface area contributed by atoms with Crippen molar-refractivity contribution in [2.45, 2.75) is 20.3 Å². The molecule has 0 aliphatic heterocycles. The quantitative estimate of drug-likeness (QED) is 0.801. The molecule has 0 spiro atoms. The Kier molecular flexibility index (Phi) is 4.34. The van der Waals surface area contributed by atoms with Gasteiger partial charge in [0.05, 0.1) is 10.2 Å². The van der Waals surface area contributed by atoms with Gasteiger partial charge in [-0.2, -0.15) is 4.98 Å². The first-order valence-electron chi connectivity index (χ1n) is 4.81. The summed E-state index contributed by atoms with van der Waals surface area (Å²) in [6.07, 6.45) is 0.893. The maximum absolute atomic E-state index is 6.02. The Morgan fingerprint density at radius 1 is 1.33 bits per heavy atom. The SMILES string of the molecule is CC(C)Cc1nc(N(C)C)nc(Cl)c1Br. The van der Waals surface area contributed by atoms with Crippen molar-refractivity contribution in [1.29, 1.82) is 0 Å². The van der Waals surface area contributed by atoms with Gasteiger partial charge in [-0.3, -0.25) is 0 Å². The van der Waals surface area contributed by atoms with Gasteiger partial charge in [0.2, 0.25) is 5.95 Å². The highest BCUT2D eigenvalue weighted by molar-refractivity contribution is 9.10. The topological polar surface area (TPSA) is 29.0 Å². The van der Waals surface area contributed by atoms with E-state index in [1.807, 2.05) is 19.0 Å². The van der Waals surface area contributed by atoms with Gasteiger partial charge in [0.1, 0.15) is 5.15 Å². The minimum absolute atomic E-state index is 0.476. The van der Waals surface area contributed by atoms with Crippen molar-refractivity contribution in [3.63, 3.8) is 0 Å². The molecule has 0 saturated heterocycles. The summed E-state index contributed by atoms with van der Waals surface area (Å²) >= 11 is 9.44. The van der Waals surface area contributed by atoms with Crippen molar-refractivity contribution in [3.05, 3.63) is 15.3 Å². The van der Waals surface area contributed by atoms with E-state index in [0.29, 0.717) is 17.0 Å². The molecule has 0 atom stereocenters. The molecule has 84 valence electrons. The molecule has 15 heavy (non-hydrogen) atoms. The van der Waals surface area contributed by atoms with Crippen LogP contribution in [0.1, 0.15) is 19.5 Å². The van der Waals surface area contributed by atoms with Crippen LogP contribution in [0.4, 0.5) is 5.95 Å². The Balaban J connectivity index is 3.13. The fraction of sp³-hybridized carbons (Fsp3) is 0.600. The van der Waals surface area contributed by atoms with Gasteiger partial charge in [-0.25, -0.2) is 4.98 Å². The Hall–Kier alpha value is -0.350. The summed E-state index contributed by atoms with van der Waals surface area (Å²) in [4.78, 5) is 10.5. The van der Waals surface area contributed by atoms with Crippen LogP contribution in [0.25, 0.3) is 0 Å². The van der Waals surface area contributed by atoms with Crippen LogP contribution in [0, 0.1) is 5.92 Å². The lowest BCUT2D eigenvalue weighted by atomic mass is 10.1. The molecule has 1 aromatic heterocycles. The summed E-state index contributed by atoms with van der Waals surface area (Å²) in [5, 5.41) is 0.476. The van der Waals surface area contributed by atoms with Crippen molar-refractivity contribution in [2.75, 3.05) is 19.0 Å². The van der Waals surface area contributed by atoms with Gasteiger partial charge < -0.3 is 4.90 Å². The number of nitrogens with zero attached hydrogens (tertiary/aromatic N) is 3. The van der Waals surface area contributed by atoms with E-state index in [-0.39, 0.29) is 0 Å². The molecule has 0 amide bonds. The molecule has 1 aromatic rings. The molecule has 0 aromatic carbocycles. The Morgan fingerprint density at radius 2 is 1.93 bits per heavy atom. The van der Waals surface area contributed by atoms with E-state index < -0.39 is 0 Å². The highest BCUT2D eigenvalue weighted by atomic mass is 79.9. The molecule has 0 saturated carbocycles. The monoisotopic (exact) mass is 291 g/mol. The molecule has 0 radical (unpaired) electrons. The number of hydrogen-bond acceptors (Lipinski definition) is 3. The predicted molar refractivity (Wildman–Crippen MR) is 67.6 cm³/mol. The molecule has 3 nitrogen and oxygen atoms in total. The third kappa shape index (κ3) is 3.31. The van der Waals surface area contributed by atoms with Crippen molar-refractivity contribution in [2.24, 2.45) is 5.92 Å². The lowest BCUT2D eigenvalue weighted by molar-refractivity contribution is 0.631. The molecule has 0 aliphatic rings. The lowest BCUT2D eigenvalue weighted by Crippen LogP contribution is -2.14. The van der Waals surface area contributed by atoms with Crippen LogP contribution in [0.3, 0.4) is 0 Å². The van der Waals surface area contributed by atoms with Gasteiger partial charge in [0, 0.05) is 14.1 Å². The fourth-order valence-corrected chi connectivity index (χ4v) is 1.70. The largest absolute Gasteiger partial charge is 0.347 e. The maximum Gasteiger partial charge on any atom is 0.226 e. The van der Waals surface area contributed by atoms with Crippen LogP contribution >= 0.6 is 27.5 Å². The van der Waals surface area contributed by atoms with Crippen molar-refractivity contribution >= 4 is 33.5 Å². The second-order valence-electron chi connectivity index (χ2n) is 4.07. The van der Waals surface area contributed by atoms with Crippen LogP contribution in [0.15, 0.2) is 4.47 Å². The Morgan fingerprint density at radius 3 is 2.40 bits per heavy atom. The zero-order valence-electron chi connectivity index (χ0n) is 9.38. The van der Waals surface area contributed by atoms with E-state index in [4.69, 9.17) is 11.6 Å². The molecule has 0 aliphatic carbocycles. The van der Waals surface area contributed by atoms with Crippen LogP contribution < -0.4 is 4.90 Å². The van der Waals surface area contributed by atoms with E-state index >= 15 is 0 Å². The highest BCUT2D eigenvalue weighted by Gasteiger charge is 2.12. The molecule has 0 N–H and O–H groups in total. The minimum atomic E-state index is 0.476. The molecular weight excluding hydrogens is 277 g/mol. The summed E-state index contributed by atoms with van der Waals surface area (Å²) in [6.45, 7) is 4.30. The molecule has 0 fully saturated rings. The predicted octanol–water partition coefficient (Wildman–Crippen LogP) is 3.16. The third-order valence-electron chi connectivity index (χ3n) is 1.87. The van der Waals surface area contributed by atoms with Gasteiger partial charge in [-0.1, -0.05) is 25.4 Å². The van der Waals surface area contributed by atoms with Crippen molar-refractivity contribution in [3.8, 4) is 0 Å². The number of halogens is 2. The fourth-order valence-electron chi connectivity index (χ4n) is 1.17. The van der Waals surface area contributed by atoms with E-state index in [0.717, 1.165) is 16.6 Å². The van der Waals surface area contributed by atoms with Gasteiger partial charge in [-0.15, -0.1) is 0 Å². The van der Waals surface area contributed by atoms with Gasteiger partial charge in [0.25, 0.3) is 0 Å². The summed E-state index contributed by atoms with van der Waals surface area (Å²) < 4.78 is 0.809. The van der Waals surface area contributed by atoms with Crippen LogP contribution in [-0.2, 0) is 6.42 Å². The number of hydrogen-bond donors (Lipinski definition) is 0. The smallest absolute Gasteiger partial charge is 0.226 e. The van der Waals surface area contributed by atoms with Crippen LogP contribution in [0.2, 0.25) is 5.15 Å². The zero-order valence-corrected chi connectivity index (χ0v) is 11.7. The second kappa shape index (κ2) is 5.12. The number of anilines is 1. The average Bonchev–Trinajstić information content (AvgIpc) is 2.11. The molecule has 1 rings (SSSR count). The molecule has 0 bridgehead atoms. The first-order valence-corrected chi connectivity index (χ1v) is 5.98. The summed E-state index contributed by atoms with van der Waals surface area (Å²) in [7, 11) is 3.80. The molecular formula is C10H15BrClN3. The van der Waals surface area contributed by atoms with Crippen LogP contribution in [-0.4, -0.2) is 24.1 Å². The van der Waals surface area contributed by atoms with E-state index in [1.165, 1.54) is 0 Å². The van der Waals surface area contributed by atoms with Gasteiger partial charge in [-0.05, 0) is 28.3 Å². The van der Waals surface area contributed by atoms with Crippen molar-refractivity contribution in [1.82, 2.24) is 9.97 Å². The number of rotatable bonds is 3. The maximum atomic E-state index is 6.02. The summed E-state index contributed by atoms with van der Waals surface area (Å²) in [6, 6.07) is 0. The normalized spacial score (nSPS) is 10.9. The Labute approximate surface area is 104 Å². The Bertz CT molecular complexity index is 353. The van der Waals surface area contributed by atoms with E-state index in [9.17, 15) is 0 Å². The first-order chi connectivity index (χ1) is 6.91. The summed E-state index contributed by atoms with van der Waals surface area (Å²) in [5.74, 6) is 1.20. The van der Waals surface area contributed by atoms with Gasteiger partial charge >= 0.3 is 0 Å². The second-order valence-corrected chi connectivity index (χ2v) is 5.22. The minimum Gasteiger partial charge on any atom is -0.347 e. The van der Waals surface area contributed by atoms with Crippen LogP contribution in [0.5, 0.6) is 0 Å².